The quantitative estimate of drug-likeness (QED) is 0.0417. The van der Waals surface area contributed by atoms with Crippen LogP contribution in [0.3, 0.4) is 0 Å². The molecule has 69 heavy (non-hydrogen) atoms. The minimum atomic E-state index is -0.665. The molecule has 6 heteroatoms. The van der Waals surface area contributed by atoms with Crippen molar-refractivity contribution in [3.63, 3.8) is 0 Å². The van der Waals surface area contributed by atoms with Crippen LogP contribution in [0.25, 0.3) is 0 Å². The van der Waals surface area contributed by atoms with E-state index in [0.29, 0.717) is 25.9 Å². The summed E-state index contributed by atoms with van der Waals surface area (Å²) in [6.45, 7) is 4.98. The third-order valence-corrected chi connectivity index (χ3v) is 15.2. The first-order valence-electron chi connectivity index (χ1n) is 31.8. The maximum atomic E-state index is 12.5. The van der Waals surface area contributed by atoms with E-state index in [2.05, 4.69) is 19.2 Å². The van der Waals surface area contributed by atoms with Crippen molar-refractivity contribution in [2.75, 3.05) is 13.2 Å². The van der Waals surface area contributed by atoms with E-state index in [1.165, 1.54) is 295 Å². The van der Waals surface area contributed by atoms with Gasteiger partial charge in [-0.15, -0.1) is 0 Å². The SMILES string of the molecule is CCCCCCCCCCCCCCCCCCCCCC(=O)OCCCCCCCCCCCCCCCCCCCCC(=O)NC(CO)C(O)CCCCCCCCCCCCCCCCC. The fourth-order valence-corrected chi connectivity index (χ4v) is 10.3. The molecule has 0 rings (SSSR count). The Morgan fingerprint density at radius 2 is 0.594 bits per heavy atom. The van der Waals surface area contributed by atoms with E-state index in [1.807, 2.05) is 0 Å². The molecule has 0 aromatic carbocycles. The second kappa shape index (κ2) is 59.4. The third kappa shape index (κ3) is 56.0. The molecular formula is C63H125NO5. The van der Waals surface area contributed by atoms with Crippen molar-refractivity contribution in [2.24, 2.45) is 0 Å². The van der Waals surface area contributed by atoms with Gasteiger partial charge < -0.3 is 20.3 Å². The molecule has 0 heterocycles. The number of aliphatic hydroxyl groups is 2. The lowest BCUT2D eigenvalue weighted by Gasteiger charge is -2.22. The van der Waals surface area contributed by atoms with Crippen LogP contribution in [-0.4, -0.2) is 47.4 Å². The fraction of sp³-hybridized carbons (Fsp3) is 0.968. The van der Waals surface area contributed by atoms with Gasteiger partial charge in [0.25, 0.3) is 0 Å². The summed E-state index contributed by atoms with van der Waals surface area (Å²) >= 11 is 0. The van der Waals surface area contributed by atoms with Gasteiger partial charge in [-0.05, 0) is 25.7 Å². The van der Waals surface area contributed by atoms with Crippen LogP contribution in [0.2, 0.25) is 0 Å². The number of hydrogen-bond donors (Lipinski definition) is 3. The van der Waals surface area contributed by atoms with E-state index < -0.39 is 12.1 Å². The van der Waals surface area contributed by atoms with Crippen LogP contribution in [0.15, 0.2) is 0 Å². The lowest BCUT2D eigenvalue weighted by molar-refractivity contribution is -0.143. The highest BCUT2D eigenvalue weighted by Crippen LogP contribution is 2.19. The number of nitrogens with one attached hydrogen (secondary N) is 1. The van der Waals surface area contributed by atoms with Gasteiger partial charge >= 0.3 is 5.97 Å². The normalized spacial score (nSPS) is 12.5. The molecule has 3 N–H and O–H groups in total. The minimum absolute atomic E-state index is 0.0133. The van der Waals surface area contributed by atoms with Crippen molar-refractivity contribution < 1.29 is 24.5 Å². The standard InChI is InChI=1S/C63H125NO5/c1-3-5-7-9-11-13-15-17-19-20-21-25-29-33-37-41-45-49-53-57-63(68)69-58-54-50-46-42-38-34-30-26-23-22-24-28-32-36-40-44-48-52-56-62(67)64-60(59-65)61(66)55-51-47-43-39-35-31-27-18-16-14-12-10-8-6-4-2/h60-61,65-66H,3-59H2,1-2H3,(H,64,67). The fourth-order valence-electron chi connectivity index (χ4n) is 10.3. The molecule has 0 radical (unpaired) electrons. The van der Waals surface area contributed by atoms with E-state index >= 15 is 0 Å². The number of carbonyl (C=O) groups is 2. The zero-order valence-corrected chi connectivity index (χ0v) is 47.1. The Morgan fingerprint density at radius 1 is 0.348 bits per heavy atom. The van der Waals surface area contributed by atoms with Crippen LogP contribution in [0, 0.1) is 0 Å². The van der Waals surface area contributed by atoms with Gasteiger partial charge in [-0.25, -0.2) is 0 Å². The number of unbranched alkanes of at least 4 members (excludes halogenated alkanes) is 49. The van der Waals surface area contributed by atoms with Gasteiger partial charge in [-0.3, -0.25) is 9.59 Å². The van der Waals surface area contributed by atoms with E-state index in [1.54, 1.807) is 0 Å². The van der Waals surface area contributed by atoms with E-state index in [4.69, 9.17) is 4.74 Å². The molecule has 0 aliphatic heterocycles. The molecule has 1 amide bonds. The number of esters is 1. The van der Waals surface area contributed by atoms with Gasteiger partial charge in [0.05, 0.1) is 25.4 Å². The highest BCUT2D eigenvalue weighted by atomic mass is 16.5. The van der Waals surface area contributed by atoms with Crippen molar-refractivity contribution in [3.05, 3.63) is 0 Å². The van der Waals surface area contributed by atoms with E-state index in [9.17, 15) is 19.8 Å². The first-order chi connectivity index (χ1) is 34.0. The maximum absolute atomic E-state index is 12.5. The first kappa shape index (κ1) is 67.9. The zero-order valence-electron chi connectivity index (χ0n) is 47.1. The van der Waals surface area contributed by atoms with Crippen LogP contribution >= 0.6 is 0 Å². The molecule has 0 saturated carbocycles. The number of rotatable bonds is 60. The molecule has 0 aromatic heterocycles. The van der Waals surface area contributed by atoms with Crippen LogP contribution < -0.4 is 5.32 Å². The number of hydrogen-bond acceptors (Lipinski definition) is 5. The lowest BCUT2D eigenvalue weighted by Crippen LogP contribution is -2.45. The molecule has 0 saturated heterocycles. The lowest BCUT2D eigenvalue weighted by atomic mass is 10.0. The number of carbonyl (C=O) groups excluding carboxylic acids is 2. The number of ether oxygens (including phenoxy) is 1. The van der Waals surface area contributed by atoms with Crippen molar-refractivity contribution in [1.29, 1.82) is 0 Å². The summed E-state index contributed by atoms with van der Waals surface area (Å²) in [6, 6.07) is -0.543. The minimum Gasteiger partial charge on any atom is -0.466 e. The predicted octanol–water partition coefficient (Wildman–Crippen LogP) is 19.9. The van der Waals surface area contributed by atoms with E-state index in [0.717, 1.165) is 38.5 Å². The van der Waals surface area contributed by atoms with Crippen molar-refractivity contribution in [1.82, 2.24) is 5.32 Å². The molecule has 0 aliphatic rings. The Morgan fingerprint density at radius 3 is 0.884 bits per heavy atom. The Kier molecular flexibility index (Phi) is 58.4. The highest BCUT2D eigenvalue weighted by molar-refractivity contribution is 5.76. The summed E-state index contributed by atoms with van der Waals surface area (Å²) in [5.74, 6) is -0.0223. The Balaban J connectivity index is 3.36. The van der Waals surface area contributed by atoms with Gasteiger partial charge in [0.15, 0.2) is 0 Å². The largest absolute Gasteiger partial charge is 0.466 e. The van der Waals surface area contributed by atoms with Gasteiger partial charge in [-0.1, -0.05) is 328 Å². The van der Waals surface area contributed by atoms with Crippen LogP contribution in [0.1, 0.15) is 367 Å². The molecule has 2 unspecified atom stereocenters. The summed E-state index contributed by atoms with van der Waals surface area (Å²) in [7, 11) is 0. The van der Waals surface area contributed by atoms with Crippen molar-refractivity contribution >= 4 is 11.9 Å². The molecular weight excluding hydrogens is 851 g/mol. The zero-order chi connectivity index (χ0) is 50.0. The monoisotopic (exact) mass is 976 g/mol. The summed E-state index contributed by atoms with van der Waals surface area (Å²) in [4.78, 5) is 24.6. The molecule has 0 aliphatic carbocycles. The highest BCUT2D eigenvalue weighted by Gasteiger charge is 2.20. The van der Waals surface area contributed by atoms with Gasteiger partial charge in [-0.2, -0.15) is 0 Å². The Labute approximate surface area is 432 Å². The summed E-state index contributed by atoms with van der Waals surface area (Å²) < 4.78 is 5.50. The molecule has 0 aromatic rings. The van der Waals surface area contributed by atoms with Crippen LogP contribution in [0.5, 0.6) is 0 Å². The third-order valence-electron chi connectivity index (χ3n) is 15.2. The number of aliphatic hydroxyl groups excluding tert-OH is 2. The molecule has 0 bridgehead atoms. The van der Waals surface area contributed by atoms with Gasteiger partial charge in [0.1, 0.15) is 0 Å². The van der Waals surface area contributed by atoms with Crippen molar-refractivity contribution in [2.45, 2.75) is 379 Å². The summed E-state index contributed by atoms with van der Waals surface area (Å²) in [6.07, 6.45) is 69.7. The van der Waals surface area contributed by atoms with E-state index in [-0.39, 0.29) is 18.5 Å². The van der Waals surface area contributed by atoms with Gasteiger partial charge in [0, 0.05) is 12.8 Å². The second-order valence-corrected chi connectivity index (χ2v) is 22.1. The molecule has 2 atom stereocenters. The summed E-state index contributed by atoms with van der Waals surface area (Å²) in [5, 5.41) is 23.3. The molecule has 412 valence electrons. The maximum Gasteiger partial charge on any atom is 0.305 e. The molecule has 0 fully saturated rings. The van der Waals surface area contributed by atoms with Crippen LogP contribution in [-0.2, 0) is 14.3 Å². The van der Waals surface area contributed by atoms with Crippen molar-refractivity contribution in [3.8, 4) is 0 Å². The Bertz CT molecular complexity index is 990. The van der Waals surface area contributed by atoms with Crippen LogP contribution in [0.4, 0.5) is 0 Å². The number of amides is 1. The van der Waals surface area contributed by atoms with Gasteiger partial charge in [0.2, 0.25) is 5.91 Å². The smallest absolute Gasteiger partial charge is 0.305 e. The average molecular weight is 977 g/mol. The molecule has 6 nitrogen and oxygen atoms in total. The summed E-state index contributed by atoms with van der Waals surface area (Å²) in [5.41, 5.74) is 0. The predicted molar refractivity (Wildman–Crippen MR) is 301 cm³/mol. The molecule has 0 spiro atoms. The average Bonchev–Trinajstić information content (AvgIpc) is 3.35. The first-order valence-corrected chi connectivity index (χ1v) is 31.8. The Hall–Kier alpha value is -1.14. The second-order valence-electron chi connectivity index (χ2n) is 22.1. The topological polar surface area (TPSA) is 95.9 Å².